The van der Waals surface area contributed by atoms with Gasteiger partial charge in [-0.3, -0.25) is 14.7 Å². The summed E-state index contributed by atoms with van der Waals surface area (Å²) < 4.78 is 0. The van der Waals surface area contributed by atoms with E-state index < -0.39 is 0 Å². The maximum absolute atomic E-state index is 11.2. The minimum absolute atomic E-state index is 0.0636. The topological polar surface area (TPSA) is 97.0 Å². The number of hydrogen-bond donors (Lipinski definition) is 2. The number of primary amides is 1. The Labute approximate surface area is 126 Å². The van der Waals surface area contributed by atoms with Crippen LogP contribution in [0.25, 0.3) is 0 Å². The van der Waals surface area contributed by atoms with Gasteiger partial charge in [0.15, 0.2) is 10.9 Å². The van der Waals surface area contributed by atoms with E-state index >= 15 is 0 Å². The average Bonchev–Trinajstić information content (AvgIpc) is 3.11. The second-order valence-corrected chi connectivity index (χ2v) is 5.74. The lowest BCUT2D eigenvalue weighted by molar-refractivity contribution is -0.119. The van der Waals surface area contributed by atoms with Gasteiger partial charge in [0, 0.05) is 24.0 Å². The first kappa shape index (κ1) is 13.9. The maximum atomic E-state index is 11.2. The number of nitrogens with one attached hydrogen (secondary N) is 1. The van der Waals surface area contributed by atoms with Crippen molar-refractivity contribution in [1.29, 1.82) is 0 Å². The standard InChI is InChI=1S/C13H16N6OS/c14-10(20)8-19-6-1-2-9(19)11-12(16-4-3-15-11)18-13-17-5-7-21-13/h3-5,7,9H,1-2,6,8H2,(H2,14,20)(H,16,17,18). The van der Waals surface area contributed by atoms with Crippen molar-refractivity contribution in [3.05, 3.63) is 29.7 Å². The molecule has 0 saturated carbocycles. The Balaban J connectivity index is 1.85. The third kappa shape index (κ3) is 3.17. The maximum Gasteiger partial charge on any atom is 0.231 e. The summed E-state index contributed by atoms with van der Waals surface area (Å²) in [6.07, 6.45) is 7.01. The molecule has 3 heterocycles. The summed E-state index contributed by atoms with van der Waals surface area (Å²) in [7, 11) is 0. The molecule has 0 spiro atoms. The van der Waals surface area contributed by atoms with E-state index in [0.717, 1.165) is 30.2 Å². The lowest BCUT2D eigenvalue weighted by atomic mass is 10.1. The van der Waals surface area contributed by atoms with Crippen molar-refractivity contribution in [2.24, 2.45) is 5.73 Å². The summed E-state index contributed by atoms with van der Waals surface area (Å²) >= 11 is 1.50. The van der Waals surface area contributed by atoms with Gasteiger partial charge in [-0.1, -0.05) is 0 Å². The van der Waals surface area contributed by atoms with Crippen LogP contribution in [-0.2, 0) is 4.79 Å². The molecule has 0 aromatic carbocycles. The lowest BCUT2D eigenvalue weighted by Crippen LogP contribution is -2.34. The van der Waals surface area contributed by atoms with Crippen LogP contribution in [0.4, 0.5) is 10.9 Å². The summed E-state index contributed by atoms with van der Waals surface area (Å²) in [5, 5.41) is 5.86. The van der Waals surface area contributed by atoms with Gasteiger partial charge in [-0.25, -0.2) is 9.97 Å². The van der Waals surface area contributed by atoms with Crippen LogP contribution in [0.1, 0.15) is 24.6 Å². The van der Waals surface area contributed by atoms with E-state index in [-0.39, 0.29) is 18.5 Å². The number of hydrogen-bond acceptors (Lipinski definition) is 7. The van der Waals surface area contributed by atoms with Crippen molar-refractivity contribution in [1.82, 2.24) is 19.9 Å². The highest BCUT2D eigenvalue weighted by Crippen LogP contribution is 2.34. The normalized spacial score (nSPS) is 18.8. The SMILES string of the molecule is NC(=O)CN1CCCC1c1nccnc1Nc1nccs1. The molecular weight excluding hydrogens is 288 g/mol. The fourth-order valence-corrected chi connectivity index (χ4v) is 3.13. The highest BCUT2D eigenvalue weighted by atomic mass is 32.1. The highest BCUT2D eigenvalue weighted by molar-refractivity contribution is 7.13. The van der Waals surface area contributed by atoms with Crippen LogP contribution < -0.4 is 11.1 Å². The number of carbonyl (C=O) groups excluding carboxylic acids is 1. The van der Waals surface area contributed by atoms with Crippen molar-refractivity contribution in [2.75, 3.05) is 18.4 Å². The average molecular weight is 304 g/mol. The van der Waals surface area contributed by atoms with Gasteiger partial charge in [-0.15, -0.1) is 11.3 Å². The molecule has 3 rings (SSSR count). The number of anilines is 2. The third-order valence-corrected chi connectivity index (χ3v) is 4.11. The van der Waals surface area contributed by atoms with Crippen LogP contribution >= 0.6 is 11.3 Å². The number of rotatable bonds is 5. The van der Waals surface area contributed by atoms with Gasteiger partial charge in [-0.2, -0.15) is 0 Å². The quantitative estimate of drug-likeness (QED) is 0.864. The summed E-state index contributed by atoms with van der Waals surface area (Å²) in [4.78, 5) is 26.3. The molecule has 1 atom stereocenters. The number of nitrogens with zero attached hydrogens (tertiary/aromatic N) is 4. The van der Waals surface area contributed by atoms with Gasteiger partial charge in [-0.05, 0) is 19.4 Å². The summed E-state index contributed by atoms with van der Waals surface area (Å²) in [5.74, 6) is 0.369. The Morgan fingerprint density at radius 3 is 3.00 bits per heavy atom. The van der Waals surface area contributed by atoms with Gasteiger partial charge in [0.1, 0.15) is 5.69 Å². The molecule has 1 saturated heterocycles. The van der Waals surface area contributed by atoms with Crippen LogP contribution in [0, 0.1) is 0 Å². The highest BCUT2D eigenvalue weighted by Gasteiger charge is 2.30. The Morgan fingerprint density at radius 1 is 1.38 bits per heavy atom. The van der Waals surface area contributed by atoms with Gasteiger partial charge >= 0.3 is 0 Å². The summed E-state index contributed by atoms with van der Waals surface area (Å²) in [6.45, 7) is 1.10. The smallest absolute Gasteiger partial charge is 0.231 e. The number of aromatic nitrogens is 3. The minimum atomic E-state index is -0.319. The number of likely N-dealkylation sites (tertiary alicyclic amines) is 1. The Kier molecular flexibility index (Phi) is 4.07. The van der Waals surface area contributed by atoms with E-state index in [1.54, 1.807) is 18.6 Å². The molecule has 1 amide bonds. The molecule has 2 aromatic rings. The van der Waals surface area contributed by atoms with Crippen molar-refractivity contribution >= 4 is 28.2 Å². The molecule has 2 aromatic heterocycles. The van der Waals surface area contributed by atoms with Crippen LogP contribution in [-0.4, -0.2) is 38.8 Å². The van der Waals surface area contributed by atoms with Crippen LogP contribution in [0.2, 0.25) is 0 Å². The predicted molar refractivity (Wildman–Crippen MR) is 80.2 cm³/mol. The van der Waals surface area contributed by atoms with Gasteiger partial charge < -0.3 is 11.1 Å². The molecular formula is C13H16N6OS. The first-order valence-electron chi connectivity index (χ1n) is 6.74. The first-order valence-corrected chi connectivity index (χ1v) is 7.62. The van der Waals surface area contributed by atoms with E-state index in [9.17, 15) is 4.79 Å². The molecule has 8 heteroatoms. The molecule has 1 unspecified atom stereocenters. The molecule has 1 fully saturated rings. The van der Waals surface area contributed by atoms with Crippen LogP contribution in [0.5, 0.6) is 0 Å². The third-order valence-electron chi connectivity index (χ3n) is 3.42. The number of thiazole rings is 1. The fraction of sp³-hybridized carbons (Fsp3) is 0.385. The van der Waals surface area contributed by atoms with E-state index in [0.29, 0.717) is 5.82 Å². The molecule has 110 valence electrons. The van der Waals surface area contributed by atoms with Gasteiger partial charge in [0.2, 0.25) is 5.91 Å². The second kappa shape index (κ2) is 6.15. The molecule has 1 aliphatic rings. The van der Waals surface area contributed by atoms with E-state index in [1.165, 1.54) is 11.3 Å². The first-order chi connectivity index (χ1) is 10.2. The minimum Gasteiger partial charge on any atom is -0.369 e. The van der Waals surface area contributed by atoms with Crippen LogP contribution in [0.15, 0.2) is 24.0 Å². The monoisotopic (exact) mass is 304 g/mol. The van der Waals surface area contributed by atoms with Crippen LogP contribution in [0.3, 0.4) is 0 Å². The lowest BCUT2D eigenvalue weighted by Gasteiger charge is -2.23. The van der Waals surface area contributed by atoms with E-state index in [4.69, 9.17) is 5.73 Å². The van der Waals surface area contributed by atoms with Crippen molar-refractivity contribution in [3.63, 3.8) is 0 Å². The summed E-state index contributed by atoms with van der Waals surface area (Å²) in [6, 6.07) is 0.0636. The zero-order valence-corrected chi connectivity index (χ0v) is 12.2. The Bertz CT molecular complexity index is 617. The number of amides is 1. The van der Waals surface area contributed by atoms with Crippen molar-refractivity contribution < 1.29 is 4.79 Å². The van der Waals surface area contributed by atoms with E-state index in [1.807, 2.05) is 5.38 Å². The van der Waals surface area contributed by atoms with Crippen molar-refractivity contribution in [3.8, 4) is 0 Å². The summed E-state index contributed by atoms with van der Waals surface area (Å²) in [5.41, 5.74) is 6.16. The molecule has 7 nitrogen and oxygen atoms in total. The number of nitrogens with two attached hydrogens (primary N) is 1. The largest absolute Gasteiger partial charge is 0.369 e. The molecule has 0 aliphatic carbocycles. The van der Waals surface area contributed by atoms with Gasteiger partial charge in [0.25, 0.3) is 0 Å². The van der Waals surface area contributed by atoms with Gasteiger partial charge in [0.05, 0.1) is 12.6 Å². The molecule has 0 radical (unpaired) electrons. The molecule has 3 N–H and O–H groups in total. The zero-order valence-electron chi connectivity index (χ0n) is 11.4. The molecule has 1 aliphatic heterocycles. The fourth-order valence-electron chi connectivity index (χ4n) is 2.60. The predicted octanol–water partition coefficient (Wildman–Crippen LogP) is 1.30. The Morgan fingerprint density at radius 2 is 2.24 bits per heavy atom. The van der Waals surface area contributed by atoms with E-state index in [2.05, 4.69) is 25.2 Å². The molecule has 21 heavy (non-hydrogen) atoms. The number of carbonyl (C=O) groups is 1. The van der Waals surface area contributed by atoms with Crippen molar-refractivity contribution in [2.45, 2.75) is 18.9 Å². The molecule has 0 bridgehead atoms. The Hall–Kier alpha value is -2.06. The second-order valence-electron chi connectivity index (χ2n) is 4.85. The zero-order chi connectivity index (χ0) is 14.7.